The summed E-state index contributed by atoms with van der Waals surface area (Å²) in [5.41, 5.74) is 10.9. The van der Waals surface area contributed by atoms with Crippen molar-refractivity contribution in [2.24, 2.45) is 0 Å². The predicted octanol–water partition coefficient (Wildman–Crippen LogP) is 5.13. The van der Waals surface area contributed by atoms with E-state index >= 15 is 0 Å². The van der Waals surface area contributed by atoms with Crippen LogP contribution in [0, 0.1) is 0 Å². The van der Waals surface area contributed by atoms with Crippen LogP contribution in [0.2, 0.25) is 0 Å². The lowest BCUT2D eigenvalue weighted by atomic mass is 10.1. The minimum atomic E-state index is -0.404. The Morgan fingerprint density at radius 3 is 2.23 bits per heavy atom. The Bertz CT molecular complexity index is 1230. The Morgan fingerprint density at radius 2 is 1.58 bits per heavy atom. The number of ketones is 1. The van der Waals surface area contributed by atoms with Crippen LogP contribution in [0.1, 0.15) is 25.3 Å². The second-order valence-corrected chi connectivity index (χ2v) is 7.47. The molecule has 31 heavy (non-hydrogen) atoms. The number of esters is 1. The Balaban J connectivity index is 1.63. The maximum absolute atomic E-state index is 11.8. The second kappa shape index (κ2) is 8.83. The highest BCUT2D eigenvalue weighted by Crippen LogP contribution is 2.33. The van der Waals surface area contributed by atoms with Crippen LogP contribution >= 0.6 is 0 Å². The quantitative estimate of drug-likeness (QED) is 0.248. The molecule has 0 atom stereocenters. The van der Waals surface area contributed by atoms with Gasteiger partial charge in [0, 0.05) is 28.6 Å². The summed E-state index contributed by atoms with van der Waals surface area (Å²) in [7, 11) is 0. The smallest absolute Gasteiger partial charge is 0.306 e. The first-order valence-corrected chi connectivity index (χ1v) is 10.1. The number of para-hydroxylation sites is 2. The lowest BCUT2D eigenvalue weighted by Crippen LogP contribution is -2.07. The van der Waals surface area contributed by atoms with Gasteiger partial charge in [-0.2, -0.15) is 0 Å². The van der Waals surface area contributed by atoms with Crippen LogP contribution in [0.4, 0.5) is 17.1 Å². The van der Waals surface area contributed by atoms with Gasteiger partial charge in [-0.1, -0.05) is 36.4 Å². The van der Waals surface area contributed by atoms with Crippen molar-refractivity contribution in [1.82, 2.24) is 4.98 Å². The third kappa shape index (κ3) is 4.80. The molecule has 3 N–H and O–H groups in total. The fraction of sp³-hybridized carbons (Fsp3) is 0.160. The molecule has 0 saturated carbocycles. The number of nitrogens with two attached hydrogens (primary N) is 1. The summed E-state index contributed by atoms with van der Waals surface area (Å²) in [6, 6.07) is 21.4. The third-order valence-electron chi connectivity index (χ3n) is 4.95. The van der Waals surface area contributed by atoms with Gasteiger partial charge in [-0.3, -0.25) is 4.79 Å². The summed E-state index contributed by atoms with van der Waals surface area (Å²) < 4.78 is 5.29. The van der Waals surface area contributed by atoms with Crippen molar-refractivity contribution < 1.29 is 14.3 Å². The van der Waals surface area contributed by atoms with Gasteiger partial charge in [0.25, 0.3) is 0 Å². The first-order chi connectivity index (χ1) is 15.0. The summed E-state index contributed by atoms with van der Waals surface area (Å²) in [5, 5.41) is 5.50. The summed E-state index contributed by atoms with van der Waals surface area (Å²) in [5.74, 6) is -0.442. The Labute approximate surface area is 180 Å². The normalized spacial score (nSPS) is 10.9. The highest BCUT2D eigenvalue weighted by molar-refractivity contribution is 6.08. The number of rotatable bonds is 7. The molecule has 0 aliphatic carbocycles. The van der Waals surface area contributed by atoms with Crippen LogP contribution in [-0.4, -0.2) is 16.7 Å². The van der Waals surface area contributed by atoms with Crippen molar-refractivity contribution in [3.8, 4) is 0 Å². The number of carbonyl (C=O) groups excluding carboxylic acids is 2. The molecule has 0 fully saturated rings. The SMILES string of the molecule is CC(=O)CCC(=O)OCc1cc(N)cc(Nc2c3ccccc3nc3ccccc23)c1. The van der Waals surface area contributed by atoms with Gasteiger partial charge in [0.1, 0.15) is 12.4 Å². The topological polar surface area (TPSA) is 94.3 Å². The van der Waals surface area contributed by atoms with E-state index in [1.165, 1.54) is 6.92 Å². The van der Waals surface area contributed by atoms with Crippen LogP contribution in [0.5, 0.6) is 0 Å². The van der Waals surface area contributed by atoms with Gasteiger partial charge >= 0.3 is 5.97 Å². The molecule has 0 saturated heterocycles. The summed E-state index contributed by atoms with van der Waals surface area (Å²) in [6.07, 6.45) is 0.266. The average Bonchev–Trinajstić information content (AvgIpc) is 2.76. The largest absolute Gasteiger partial charge is 0.461 e. The molecule has 0 bridgehead atoms. The number of fused-ring (bicyclic) bond motifs is 2. The van der Waals surface area contributed by atoms with Gasteiger partial charge in [0.15, 0.2) is 0 Å². The van der Waals surface area contributed by atoms with Crippen LogP contribution in [-0.2, 0) is 20.9 Å². The maximum Gasteiger partial charge on any atom is 0.306 e. The van der Waals surface area contributed by atoms with Gasteiger partial charge in [-0.05, 0) is 42.8 Å². The Hall–Kier alpha value is -3.93. The lowest BCUT2D eigenvalue weighted by Gasteiger charge is -2.15. The zero-order chi connectivity index (χ0) is 21.8. The van der Waals surface area contributed by atoms with Crippen molar-refractivity contribution in [2.45, 2.75) is 26.4 Å². The van der Waals surface area contributed by atoms with Gasteiger partial charge in [-0.25, -0.2) is 4.98 Å². The second-order valence-electron chi connectivity index (χ2n) is 7.47. The van der Waals surface area contributed by atoms with Crippen LogP contribution in [0.25, 0.3) is 21.8 Å². The molecule has 0 amide bonds. The number of anilines is 3. The van der Waals surface area contributed by atoms with Gasteiger partial charge in [0.05, 0.1) is 23.1 Å². The van der Waals surface area contributed by atoms with E-state index in [-0.39, 0.29) is 25.2 Å². The van der Waals surface area contributed by atoms with Crippen LogP contribution < -0.4 is 11.1 Å². The molecule has 0 aliphatic heterocycles. The van der Waals surface area contributed by atoms with E-state index in [1.54, 1.807) is 6.07 Å². The first-order valence-electron chi connectivity index (χ1n) is 10.1. The van der Waals surface area contributed by atoms with Crippen molar-refractivity contribution in [2.75, 3.05) is 11.1 Å². The minimum Gasteiger partial charge on any atom is -0.461 e. The molecule has 3 aromatic carbocycles. The molecular formula is C25H23N3O3. The Morgan fingerprint density at radius 1 is 0.935 bits per heavy atom. The van der Waals surface area contributed by atoms with Crippen molar-refractivity contribution in [3.05, 3.63) is 72.3 Å². The third-order valence-corrected chi connectivity index (χ3v) is 4.95. The summed E-state index contributed by atoms with van der Waals surface area (Å²) >= 11 is 0. The number of hydrogen-bond donors (Lipinski definition) is 2. The van der Waals surface area contributed by atoms with E-state index in [9.17, 15) is 9.59 Å². The van der Waals surface area contributed by atoms with E-state index in [4.69, 9.17) is 15.5 Å². The number of benzene rings is 3. The summed E-state index contributed by atoms with van der Waals surface area (Å²) in [6.45, 7) is 1.55. The van der Waals surface area contributed by atoms with Gasteiger partial charge in [-0.15, -0.1) is 0 Å². The average molecular weight is 413 g/mol. The van der Waals surface area contributed by atoms with E-state index < -0.39 is 5.97 Å². The van der Waals surface area contributed by atoms with E-state index in [1.807, 2.05) is 60.7 Å². The minimum absolute atomic E-state index is 0.0378. The highest BCUT2D eigenvalue weighted by Gasteiger charge is 2.11. The van der Waals surface area contributed by atoms with Crippen LogP contribution in [0.3, 0.4) is 0 Å². The fourth-order valence-corrected chi connectivity index (χ4v) is 3.51. The zero-order valence-corrected chi connectivity index (χ0v) is 17.2. The number of aromatic nitrogens is 1. The fourth-order valence-electron chi connectivity index (χ4n) is 3.51. The standard InChI is InChI=1S/C25H23N3O3/c1-16(29)10-11-24(30)31-15-17-12-18(26)14-19(13-17)27-25-20-6-2-4-8-22(20)28-23-9-5-3-7-21(23)25/h2-9,12-14H,10-11,15,26H2,1H3,(H,27,28). The first kappa shape index (κ1) is 20.3. The molecule has 156 valence electrons. The number of ether oxygens (including phenoxy) is 1. The molecule has 0 radical (unpaired) electrons. The molecule has 0 aliphatic rings. The highest BCUT2D eigenvalue weighted by atomic mass is 16.5. The monoisotopic (exact) mass is 413 g/mol. The maximum atomic E-state index is 11.8. The van der Waals surface area contributed by atoms with Crippen molar-refractivity contribution in [1.29, 1.82) is 0 Å². The van der Waals surface area contributed by atoms with E-state index in [2.05, 4.69) is 5.32 Å². The number of nitrogens with zero attached hydrogens (tertiary/aromatic N) is 1. The Kier molecular flexibility index (Phi) is 5.80. The van der Waals surface area contributed by atoms with Crippen LogP contribution in [0.15, 0.2) is 66.7 Å². The number of nitrogen functional groups attached to an aromatic ring is 1. The number of hydrogen-bond acceptors (Lipinski definition) is 6. The van der Waals surface area contributed by atoms with E-state index in [0.717, 1.165) is 38.7 Å². The number of nitrogens with one attached hydrogen (secondary N) is 1. The molecule has 1 heterocycles. The van der Waals surface area contributed by atoms with Crippen molar-refractivity contribution >= 4 is 50.6 Å². The van der Waals surface area contributed by atoms with Gasteiger partial charge in [0.2, 0.25) is 0 Å². The molecule has 1 aromatic heterocycles. The number of Topliss-reactive ketones (excluding diaryl/α,β-unsaturated/α-hetero) is 1. The molecule has 6 heteroatoms. The van der Waals surface area contributed by atoms with Gasteiger partial charge < -0.3 is 20.6 Å². The molecule has 4 rings (SSSR count). The number of pyridine rings is 1. The number of carbonyl (C=O) groups is 2. The van der Waals surface area contributed by atoms with E-state index in [0.29, 0.717) is 5.69 Å². The molecule has 0 spiro atoms. The molecule has 6 nitrogen and oxygen atoms in total. The molecule has 0 unspecified atom stereocenters. The predicted molar refractivity (Wildman–Crippen MR) is 123 cm³/mol. The lowest BCUT2D eigenvalue weighted by molar-refractivity contribution is -0.146. The zero-order valence-electron chi connectivity index (χ0n) is 17.2. The molecular weight excluding hydrogens is 390 g/mol. The molecule has 4 aromatic rings. The van der Waals surface area contributed by atoms with Crippen molar-refractivity contribution in [3.63, 3.8) is 0 Å². The summed E-state index contributed by atoms with van der Waals surface area (Å²) in [4.78, 5) is 27.6.